The van der Waals surface area contributed by atoms with Crippen LogP contribution in [-0.2, 0) is 11.3 Å². The first-order valence-corrected chi connectivity index (χ1v) is 4.96. The molecule has 0 aliphatic rings. The van der Waals surface area contributed by atoms with Gasteiger partial charge >= 0.3 is 0 Å². The summed E-state index contributed by atoms with van der Waals surface area (Å²) in [4.78, 5) is 14.9. The molecule has 4 nitrogen and oxygen atoms in total. The molecule has 0 saturated heterocycles. The maximum atomic E-state index is 10.7. The van der Waals surface area contributed by atoms with E-state index in [1.807, 2.05) is 24.3 Å². The van der Waals surface area contributed by atoms with E-state index in [1.54, 1.807) is 12.3 Å². The standard InChI is InChI=1S/C12H15N3O/c1-10(16)15-9-11-3-5-12(6-4-11)14-8-2-7-13/h2-8H,9,13H2,1H3,(H,15,16). The van der Waals surface area contributed by atoms with E-state index in [1.165, 1.54) is 13.1 Å². The van der Waals surface area contributed by atoms with Crippen LogP contribution in [0.1, 0.15) is 12.5 Å². The van der Waals surface area contributed by atoms with E-state index in [0.717, 1.165) is 11.3 Å². The fourth-order valence-corrected chi connectivity index (χ4v) is 1.11. The van der Waals surface area contributed by atoms with E-state index in [4.69, 9.17) is 5.73 Å². The summed E-state index contributed by atoms with van der Waals surface area (Å²) in [6.07, 6.45) is 4.71. The van der Waals surface area contributed by atoms with Gasteiger partial charge in [0.05, 0.1) is 5.69 Å². The molecule has 0 bridgehead atoms. The Hall–Kier alpha value is -2.10. The van der Waals surface area contributed by atoms with Gasteiger partial charge < -0.3 is 11.1 Å². The van der Waals surface area contributed by atoms with Crippen molar-refractivity contribution < 1.29 is 4.79 Å². The van der Waals surface area contributed by atoms with Crippen LogP contribution in [0.25, 0.3) is 0 Å². The second-order valence-electron chi connectivity index (χ2n) is 3.24. The Morgan fingerprint density at radius 2 is 2.12 bits per heavy atom. The molecule has 3 N–H and O–H groups in total. The second-order valence-corrected chi connectivity index (χ2v) is 3.24. The Bertz CT molecular complexity index is 393. The number of benzene rings is 1. The molecule has 4 heteroatoms. The fraction of sp³-hybridized carbons (Fsp3) is 0.167. The number of rotatable bonds is 4. The van der Waals surface area contributed by atoms with Crippen molar-refractivity contribution in [2.75, 3.05) is 0 Å². The van der Waals surface area contributed by atoms with E-state index in [2.05, 4.69) is 10.3 Å². The molecule has 0 heterocycles. The van der Waals surface area contributed by atoms with Crippen molar-refractivity contribution in [3.63, 3.8) is 0 Å². The van der Waals surface area contributed by atoms with Crippen molar-refractivity contribution in [2.24, 2.45) is 10.7 Å². The van der Waals surface area contributed by atoms with Crippen molar-refractivity contribution >= 4 is 17.8 Å². The number of carbonyl (C=O) groups excluding carboxylic acids is 1. The molecule has 0 aliphatic heterocycles. The molecule has 0 radical (unpaired) electrons. The summed E-state index contributed by atoms with van der Waals surface area (Å²) in [5, 5.41) is 2.73. The molecule has 84 valence electrons. The van der Waals surface area contributed by atoms with Crippen LogP contribution in [0, 0.1) is 0 Å². The molecule has 0 spiro atoms. The van der Waals surface area contributed by atoms with Gasteiger partial charge in [0.15, 0.2) is 0 Å². The predicted molar refractivity (Wildman–Crippen MR) is 65.4 cm³/mol. The lowest BCUT2D eigenvalue weighted by Crippen LogP contribution is -2.18. The summed E-state index contributed by atoms with van der Waals surface area (Å²) in [5.41, 5.74) is 7.07. The average molecular weight is 217 g/mol. The molecule has 0 aliphatic carbocycles. The van der Waals surface area contributed by atoms with Crippen molar-refractivity contribution in [2.45, 2.75) is 13.5 Å². The smallest absolute Gasteiger partial charge is 0.217 e. The minimum Gasteiger partial charge on any atom is -0.405 e. The van der Waals surface area contributed by atoms with Crippen LogP contribution < -0.4 is 11.1 Å². The number of carbonyl (C=O) groups is 1. The Balaban J connectivity index is 2.57. The van der Waals surface area contributed by atoms with Crippen LogP contribution in [0.2, 0.25) is 0 Å². The summed E-state index contributed by atoms with van der Waals surface area (Å²) < 4.78 is 0. The molecule has 0 atom stereocenters. The largest absolute Gasteiger partial charge is 0.405 e. The van der Waals surface area contributed by atoms with Crippen LogP contribution in [0.3, 0.4) is 0 Å². The number of hydrogen-bond donors (Lipinski definition) is 2. The zero-order chi connectivity index (χ0) is 11.8. The molecule has 0 unspecified atom stereocenters. The Labute approximate surface area is 94.9 Å². The lowest BCUT2D eigenvalue weighted by Gasteiger charge is -2.02. The molecule has 0 aromatic heterocycles. The van der Waals surface area contributed by atoms with Gasteiger partial charge in [-0.2, -0.15) is 0 Å². The molecule has 1 aromatic carbocycles. The monoisotopic (exact) mass is 217 g/mol. The quantitative estimate of drug-likeness (QED) is 0.750. The summed E-state index contributed by atoms with van der Waals surface area (Å²) in [6, 6.07) is 7.62. The zero-order valence-electron chi connectivity index (χ0n) is 9.18. The minimum atomic E-state index is -0.0322. The van der Waals surface area contributed by atoms with Crippen molar-refractivity contribution in [1.82, 2.24) is 5.32 Å². The molecule has 0 fully saturated rings. The number of nitrogens with two attached hydrogens (primary N) is 1. The van der Waals surface area contributed by atoms with Gasteiger partial charge in [0.25, 0.3) is 0 Å². The van der Waals surface area contributed by atoms with E-state index in [0.29, 0.717) is 6.54 Å². The third-order valence-corrected chi connectivity index (χ3v) is 1.90. The number of aliphatic imine (C=N–C) groups is 1. The third-order valence-electron chi connectivity index (χ3n) is 1.90. The van der Waals surface area contributed by atoms with Crippen LogP contribution >= 0.6 is 0 Å². The predicted octanol–water partition coefficient (Wildman–Crippen LogP) is 1.50. The maximum Gasteiger partial charge on any atom is 0.217 e. The minimum absolute atomic E-state index is 0.0322. The number of nitrogens with one attached hydrogen (secondary N) is 1. The number of nitrogens with zero attached hydrogens (tertiary/aromatic N) is 1. The number of hydrogen-bond acceptors (Lipinski definition) is 3. The lowest BCUT2D eigenvalue weighted by molar-refractivity contribution is -0.119. The highest BCUT2D eigenvalue weighted by molar-refractivity contribution is 5.74. The topological polar surface area (TPSA) is 67.5 Å². The van der Waals surface area contributed by atoms with Gasteiger partial charge in [0.2, 0.25) is 5.91 Å². The highest BCUT2D eigenvalue weighted by Gasteiger charge is 1.94. The number of allylic oxidation sites excluding steroid dienone is 1. The zero-order valence-corrected chi connectivity index (χ0v) is 9.18. The highest BCUT2D eigenvalue weighted by Crippen LogP contribution is 2.12. The Morgan fingerprint density at radius 3 is 2.69 bits per heavy atom. The van der Waals surface area contributed by atoms with Crippen molar-refractivity contribution in [1.29, 1.82) is 0 Å². The van der Waals surface area contributed by atoms with Gasteiger partial charge in [0, 0.05) is 19.7 Å². The molecule has 16 heavy (non-hydrogen) atoms. The molecular formula is C12H15N3O. The van der Waals surface area contributed by atoms with Crippen LogP contribution in [0.5, 0.6) is 0 Å². The summed E-state index contributed by atoms with van der Waals surface area (Å²) >= 11 is 0. The normalized spacial score (nSPS) is 11.1. The molecule has 1 amide bonds. The highest BCUT2D eigenvalue weighted by atomic mass is 16.1. The third kappa shape index (κ3) is 4.41. The second kappa shape index (κ2) is 6.40. The van der Waals surface area contributed by atoms with E-state index >= 15 is 0 Å². The first kappa shape index (κ1) is 12.0. The van der Waals surface area contributed by atoms with Crippen LogP contribution in [0.15, 0.2) is 41.5 Å². The van der Waals surface area contributed by atoms with Gasteiger partial charge in [-0.15, -0.1) is 0 Å². The number of amides is 1. The molecular weight excluding hydrogens is 202 g/mol. The van der Waals surface area contributed by atoms with Gasteiger partial charge in [-0.3, -0.25) is 9.79 Å². The Kier molecular flexibility index (Phi) is 4.79. The first-order chi connectivity index (χ1) is 7.72. The van der Waals surface area contributed by atoms with Crippen LogP contribution in [-0.4, -0.2) is 12.1 Å². The van der Waals surface area contributed by atoms with E-state index < -0.39 is 0 Å². The maximum absolute atomic E-state index is 10.7. The van der Waals surface area contributed by atoms with Crippen molar-refractivity contribution in [3.8, 4) is 0 Å². The van der Waals surface area contributed by atoms with E-state index in [9.17, 15) is 4.79 Å². The van der Waals surface area contributed by atoms with Gasteiger partial charge in [-0.1, -0.05) is 12.1 Å². The average Bonchev–Trinajstić information content (AvgIpc) is 2.28. The van der Waals surface area contributed by atoms with Crippen LogP contribution in [0.4, 0.5) is 5.69 Å². The van der Waals surface area contributed by atoms with Gasteiger partial charge in [0.1, 0.15) is 0 Å². The fourth-order valence-electron chi connectivity index (χ4n) is 1.11. The molecule has 0 saturated carbocycles. The summed E-state index contributed by atoms with van der Waals surface area (Å²) in [6.45, 7) is 2.04. The van der Waals surface area contributed by atoms with Crippen molar-refractivity contribution in [3.05, 3.63) is 42.1 Å². The SMILES string of the molecule is CC(=O)NCc1ccc(N=CC=CN)cc1. The van der Waals surface area contributed by atoms with E-state index in [-0.39, 0.29) is 5.91 Å². The van der Waals surface area contributed by atoms with Gasteiger partial charge in [-0.05, 0) is 30.0 Å². The molecule has 1 rings (SSSR count). The first-order valence-electron chi connectivity index (χ1n) is 4.96. The summed E-state index contributed by atoms with van der Waals surface area (Å²) in [7, 11) is 0. The van der Waals surface area contributed by atoms with Gasteiger partial charge in [-0.25, -0.2) is 0 Å². The lowest BCUT2D eigenvalue weighted by atomic mass is 10.2. The summed E-state index contributed by atoms with van der Waals surface area (Å²) in [5.74, 6) is -0.0322. The Morgan fingerprint density at radius 1 is 1.44 bits per heavy atom. The molecule has 1 aromatic rings.